The summed E-state index contributed by atoms with van der Waals surface area (Å²) in [5.74, 6) is 0.422. The molecule has 21 heavy (non-hydrogen) atoms. The maximum Gasteiger partial charge on any atom is 0.251 e. The van der Waals surface area contributed by atoms with Crippen LogP contribution in [0.3, 0.4) is 0 Å². The summed E-state index contributed by atoms with van der Waals surface area (Å²) in [6.45, 7) is 5.51. The Hall–Kier alpha value is -2.37. The van der Waals surface area contributed by atoms with Crippen LogP contribution in [0.25, 0.3) is 0 Å². The molecular formula is C15H20N4O2. The fourth-order valence-corrected chi connectivity index (χ4v) is 1.95. The molecule has 0 bridgehead atoms. The van der Waals surface area contributed by atoms with Crippen molar-refractivity contribution in [1.29, 1.82) is 0 Å². The zero-order valence-electron chi connectivity index (χ0n) is 12.3. The molecule has 0 aliphatic rings. The van der Waals surface area contributed by atoms with E-state index in [-0.39, 0.29) is 5.91 Å². The maximum absolute atomic E-state index is 12.1. The molecule has 1 amide bonds. The van der Waals surface area contributed by atoms with Crippen molar-refractivity contribution in [3.63, 3.8) is 0 Å². The van der Waals surface area contributed by atoms with Gasteiger partial charge in [0.15, 0.2) is 6.33 Å². The molecule has 0 aliphatic heterocycles. The first-order valence-corrected chi connectivity index (χ1v) is 7.09. The Morgan fingerprint density at radius 3 is 2.86 bits per heavy atom. The molecule has 112 valence electrons. The molecule has 0 spiro atoms. The van der Waals surface area contributed by atoms with Crippen molar-refractivity contribution in [2.75, 3.05) is 18.4 Å². The number of aryl methyl sites for hydroxylation is 1. The Kier molecular flexibility index (Phi) is 5.31. The molecule has 0 radical (unpaired) electrons. The van der Waals surface area contributed by atoms with Gasteiger partial charge < -0.3 is 15.2 Å². The van der Waals surface area contributed by atoms with Gasteiger partial charge in [-0.15, -0.1) is 0 Å². The third-order valence-corrected chi connectivity index (χ3v) is 3.09. The number of hydrogen-bond donors (Lipinski definition) is 2. The highest BCUT2D eigenvalue weighted by atomic mass is 16.5. The van der Waals surface area contributed by atoms with Crippen LogP contribution in [-0.4, -0.2) is 29.1 Å². The van der Waals surface area contributed by atoms with Gasteiger partial charge in [-0.25, -0.2) is 0 Å². The highest BCUT2D eigenvalue weighted by Gasteiger charge is 2.08. The average Bonchev–Trinajstić information content (AvgIpc) is 2.99. The third-order valence-electron chi connectivity index (χ3n) is 3.09. The first-order chi connectivity index (χ1) is 10.2. The summed E-state index contributed by atoms with van der Waals surface area (Å²) in [6.07, 6.45) is 2.95. The van der Waals surface area contributed by atoms with Crippen molar-refractivity contribution in [2.45, 2.75) is 26.7 Å². The summed E-state index contributed by atoms with van der Waals surface area (Å²) in [6, 6.07) is 5.66. The van der Waals surface area contributed by atoms with E-state index < -0.39 is 0 Å². The molecule has 1 heterocycles. The number of amides is 1. The first kappa shape index (κ1) is 15.0. The molecule has 6 heteroatoms. The largest absolute Gasteiger partial charge is 0.385 e. The summed E-state index contributed by atoms with van der Waals surface area (Å²) >= 11 is 0. The highest BCUT2D eigenvalue weighted by Crippen LogP contribution is 2.16. The Bertz CT molecular complexity index is 581. The van der Waals surface area contributed by atoms with Crippen LogP contribution < -0.4 is 10.6 Å². The molecule has 2 N–H and O–H groups in total. The molecule has 6 nitrogen and oxygen atoms in total. The van der Waals surface area contributed by atoms with Crippen molar-refractivity contribution >= 4 is 11.6 Å². The van der Waals surface area contributed by atoms with Crippen LogP contribution in [0.2, 0.25) is 0 Å². The normalized spacial score (nSPS) is 10.4. The number of hydrogen-bond acceptors (Lipinski definition) is 5. The molecule has 0 saturated carbocycles. The Morgan fingerprint density at radius 2 is 2.19 bits per heavy atom. The van der Waals surface area contributed by atoms with E-state index in [4.69, 9.17) is 4.52 Å². The van der Waals surface area contributed by atoms with Crippen LogP contribution in [0.5, 0.6) is 0 Å². The monoisotopic (exact) mass is 288 g/mol. The van der Waals surface area contributed by atoms with Crippen molar-refractivity contribution < 1.29 is 9.32 Å². The van der Waals surface area contributed by atoms with Crippen LogP contribution in [0.4, 0.5) is 5.69 Å². The van der Waals surface area contributed by atoms with Crippen molar-refractivity contribution in [3.05, 3.63) is 41.5 Å². The van der Waals surface area contributed by atoms with Gasteiger partial charge in [-0.1, -0.05) is 12.1 Å². The number of anilines is 1. The summed E-state index contributed by atoms with van der Waals surface area (Å²) < 4.78 is 4.87. The van der Waals surface area contributed by atoms with Crippen molar-refractivity contribution in [3.8, 4) is 0 Å². The lowest BCUT2D eigenvalue weighted by molar-refractivity contribution is 0.0953. The summed E-state index contributed by atoms with van der Waals surface area (Å²) in [5, 5.41) is 9.69. The number of nitrogens with one attached hydrogen (secondary N) is 2. The predicted molar refractivity (Wildman–Crippen MR) is 80.3 cm³/mol. The maximum atomic E-state index is 12.1. The molecule has 0 saturated heterocycles. The van der Waals surface area contributed by atoms with Crippen molar-refractivity contribution in [2.24, 2.45) is 0 Å². The van der Waals surface area contributed by atoms with Gasteiger partial charge >= 0.3 is 0 Å². The highest BCUT2D eigenvalue weighted by molar-refractivity contribution is 5.94. The molecule has 0 unspecified atom stereocenters. The lowest BCUT2D eigenvalue weighted by Crippen LogP contribution is -2.25. The minimum Gasteiger partial charge on any atom is -0.385 e. The number of rotatable bonds is 7. The molecule has 1 aromatic heterocycles. The van der Waals surface area contributed by atoms with Crippen LogP contribution in [0.15, 0.2) is 29.0 Å². The first-order valence-electron chi connectivity index (χ1n) is 7.09. The average molecular weight is 288 g/mol. The van der Waals surface area contributed by atoms with Gasteiger partial charge in [-0.05, 0) is 37.1 Å². The standard InChI is InChI=1S/C15H20N4O2/c1-3-7-16-13-5-4-12(9-11(13)2)15(20)17-8-6-14-18-10-19-21-14/h4-5,9-10,16H,3,6-8H2,1-2H3,(H,17,20). The second kappa shape index (κ2) is 7.42. The van der Waals surface area contributed by atoms with Crippen LogP contribution in [0.1, 0.15) is 35.2 Å². The van der Waals surface area contributed by atoms with E-state index in [0.29, 0.717) is 24.4 Å². The molecule has 0 aliphatic carbocycles. The van der Waals surface area contributed by atoms with Crippen LogP contribution in [-0.2, 0) is 6.42 Å². The van der Waals surface area contributed by atoms with E-state index in [1.165, 1.54) is 6.33 Å². The van der Waals surface area contributed by atoms with Gasteiger partial charge in [-0.2, -0.15) is 4.98 Å². The number of carbonyl (C=O) groups is 1. The Labute approximate surface area is 123 Å². The van der Waals surface area contributed by atoms with E-state index in [2.05, 4.69) is 27.7 Å². The zero-order chi connectivity index (χ0) is 15.1. The van der Waals surface area contributed by atoms with E-state index in [1.54, 1.807) is 0 Å². The van der Waals surface area contributed by atoms with Crippen molar-refractivity contribution in [1.82, 2.24) is 15.5 Å². The summed E-state index contributed by atoms with van der Waals surface area (Å²) in [4.78, 5) is 16.0. The Balaban J connectivity index is 1.88. The Morgan fingerprint density at radius 1 is 1.33 bits per heavy atom. The second-order valence-corrected chi connectivity index (χ2v) is 4.80. The number of nitrogens with zero attached hydrogens (tertiary/aromatic N) is 2. The second-order valence-electron chi connectivity index (χ2n) is 4.80. The predicted octanol–water partition coefficient (Wildman–Crippen LogP) is 2.17. The lowest BCUT2D eigenvalue weighted by Gasteiger charge is -2.10. The van der Waals surface area contributed by atoms with Gasteiger partial charge in [0.05, 0.1) is 0 Å². The quantitative estimate of drug-likeness (QED) is 0.816. The minimum absolute atomic E-state index is 0.0975. The van der Waals surface area contributed by atoms with E-state index >= 15 is 0 Å². The SMILES string of the molecule is CCCNc1ccc(C(=O)NCCc2ncno2)cc1C. The number of carbonyl (C=O) groups excluding carboxylic acids is 1. The van der Waals surface area contributed by atoms with Crippen LogP contribution in [0, 0.1) is 6.92 Å². The number of benzene rings is 1. The molecule has 0 atom stereocenters. The zero-order valence-corrected chi connectivity index (χ0v) is 12.3. The van der Waals surface area contributed by atoms with Gasteiger partial charge in [-0.3, -0.25) is 4.79 Å². The topological polar surface area (TPSA) is 80.0 Å². The van der Waals surface area contributed by atoms with Gasteiger partial charge in [0, 0.05) is 30.8 Å². The number of aromatic nitrogens is 2. The van der Waals surface area contributed by atoms with Gasteiger partial charge in [0.2, 0.25) is 5.89 Å². The fourth-order valence-electron chi connectivity index (χ4n) is 1.95. The lowest BCUT2D eigenvalue weighted by atomic mass is 10.1. The molecule has 2 aromatic rings. The summed E-state index contributed by atoms with van der Waals surface area (Å²) in [5.41, 5.74) is 2.78. The van der Waals surface area contributed by atoms with Gasteiger partial charge in [0.25, 0.3) is 5.91 Å². The fraction of sp³-hybridized carbons (Fsp3) is 0.400. The molecule has 2 rings (SSSR count). The van der Waals surface area contributed by atoms with E-state index in [1.807, 2.05) is 25.1 Å². The van der Waals surface area contributed by atoms with Gasteiger partial charge in [0.1, 0.15) is 0 Å². The summed E-state index contributed by atoms with van der Waals surface area (Å²) in [7, 11) is 0. The smallest absolute Gasteiger partial charge is 0.251 e. The van der Waals surface area contributed by atoms with E-state index in [0.717, 1.165) is 24.2 Å². The minimum atomic E-state index is -0.0975. The molecule has 0 fully saturated rings. The molecular weight excluding hydrogens is 268 g/mol. The third kappa shape index (κ3) is 4.30. The van der Waals surface area contributed by atoms with E-state index in [9.17, 15) is 4.79 Å². The molecule has 1 aromatic carbocycles. The van der Waals surface area contributed by atoms with Crippen LogP contribution >= 0.6 is 0 Å².